The zero-order chi connectivity index (χ0) is 19.4. The van der Waals surface area contributed by atoms with E-state index in [0.717, 1.165) is 28.2 Å². The van der Waals surface area contributed by atoms with Crippen LogP contribution in [0.2, 0.25) is 0 Å². The Morgan fingerprint density at radius 2 is 1.67 bits per heavy atom. The number of amides is 2. The van der Waals surface area contributed by atoms with Gasteiger partial charge >= 0.3 is 6.03 Å². The van der Waals surface area contributed by atoms with Gasteiger partial charge in [-0.3, -0.25) is 0 Å². The van der Waals surface area contributed by atoms with E-state index in [-0.39, 0.29) is 24.0 Å². The molecule has 0 saturated carbocycles. The van der Waals surface area contributed by atoms with E-state index < -0.39 is 0 Å². The molecule has 1 aliphatic rings. The first-order valence-corrected chi connectivity index (χ1v) is 9.48. The van der Waals surface area contributed by atoms with Crippen molar-refractivity contribution in [3.8, 4) is 11.5 Å². The fourth-order valence-corrected chi connectivity index (χ4v) is 3.42. The Morgan fingerprint density at radius 3 is 2.37 bits per heavy atom. The van der Waals surface area contributed by atoms with Gasteiger partial charge in [0, 0.05) is 0 Å². The van der Waals surface area contributed by atoms with E-state index in [1.54, 1.807) is 0 Å². The number of hydrogen-bond acceptors (Lipinski definition) is 3. The molecular formula is C22H28N2O3. The zero-order valence-electron chi connectivity index (χ0n) is 16.4. The highest BCUT2D eigenvalue weighted by molar-refractivity contribution is 5.75. The lowest BCUT2D eigenvalue weighted by molar-refractivity contribution is 0.171. The van der Waals surface area contributed by atoms with Crippen molar-refractivity contribution in [3.05, 3.63) is 59.2 Å². The lowest BCUT2D eigenvalue weighted by Crippen LogP contribution is -2.41. The third-order valence-corrected chi connectivity index (χ3v) is 4.88. The van der Waals surface area contributed by atoms with E-state index in [2.05, 4.69) is 37.5 Å². The molecule has 0 unspecified atom stereocenters. The minimum atomic E-state index is -0.181. The largest absolute Gasteiger partial charge is 0.486 e. The Bertz CT molecular complexity index is 804. The topological polar surface area (TPSA) is 59.6 Å². The highest BCUT2D eigenvalue weighted by atomic mass is 16.6. The number of carbonyl (C=O) groups excluding carboxylic acids is 1. The molecule has 0 radical (unpaired) electrons. The van der Waals surface area contributed by atoms with Gasteiger partial charge in [0.15, 0.2) is 11.5 Å². The van der Waals surface area contributed by atoms with Gasteiger partial charge in [-0.05, 0) is 48.6 Å². The average Bonchev–Trinajstić information content (AvgIpc) is 2.65. The molecule has 2 aromatic carbocycles. The summed E-state index contributed by atoms with van der Waals surface area (Å²) < 4.78 is 11.3. The van der Waals surface area contributed by atoms with E-state index in [4.69, 9.17) is 9.47 Å². The van der Waals surface area contributed by atoms with Crippen LogP contribution in [-0.2, 0) is 0 Å². The molecule has 5 heteroatoms. The molecule has 0 spiro atoms. The van der Waals surface area contributed by atoms with Crippen molar-refractivity contribution in [3.63, 3.8) is 0 Å². The fraction of sp³-hybridized carbons (Fsp3) is 0.409. The fourth-order valence-electron chi connectivity index (χ4n) is 3.42. The summed E-state index contributed by atoms with van der Waals surface area (Å²) in [4.78, 5) is 12.6. The number of nitrogens with one attached hydrogen (secondary N) is 2. The molecule has 1 aliphatic heterocycles. The van der Waals surface area contributed by atoms with Crippen molar-refractivity contribution in [2.75, 3.05) is 13.2 Å². The summed E-state index contributed by atoms with van der Waals surface area (Å²) in [7, 11) is 0. The van der Waals surface area contributed by atoms with Crippen LogP contribution in [0, 0.1) is 12.8 Å². The van der Waals surface area contributed by atoms with Gasteiger partial charge < -0.3 is 20.1 Å². The van der Waals surface area contributed by atoms with Gasteiger partial charge in [0.1, 0.15) is 13.2 Å². The number of hydrogen-bond donors (Lipinski definition) is 2. The van der Waals surface area contributed by atoms with Crippen LogP contribution in [0.3, 0.4) is 0 Å². The maximum atomic E-state index is 12.6. The lowest BCUT2D eigenvalue weighted by atomic mass is 9.95. The van der Waals surface area contributed by atoms with Crippen molar-refractivity contribution in [1.82, 2.24) is 10.6 Å². The Morgan fingerprint density at radius 1 is 0.963 bits per heavy atom. The van der Waals surface area contributed by atoms with Gasteiger partial charge in [-0.25, -0.2) is 4.79 Å². The van der Waals surface area contributed by atoms with Crippen molar-refractivity contribution in [1.29, 1.82) is 0 Å². The van der Waals surface area contributed by atoms with Crippen LogP contribution in [0.4, 0.5) is 4.79 Å². The first-order valence-electron chi connectivity index (χ1n) is 9.48. The number of fused-ring (bicyclic) bond motifs is 1. The van der Waals surface area contributed by atoms with Crippen molar-refractivity contribution < 1.29 is 14.3 Å². The number of urea groups is 1. The van der Waals surface area contributed by atoms with E-state index >= 15 is 0 Å². The quantitative estimate of drug-likeness (QED) is 0.815. The maximum absolute atomic E-state index is 12.6. The molecule has 2 atom stereocenters. The third kappa shape index (κ3) is 4.54. The van der Waals surface area contributed by atoms with Crippen LogP contribution >= 0.6 is 0 Å². The van der Waals surface area contributed by atoms with Crippen LogP contribution in [0.15, 0.2) is 42.5 Å². The Labute approximate surface area is 161 Å². The molecule has 144 valence electrons. The second-order valence-electron chi connectivity index (χ2n) is 7.32. The monoisotopic (exact) mass is 368 g/mol. The maximum Gasteiger partial charge on any atom is 0.315 e. The van der Waals surface area contributed by atoms with Gasteiger partial charge in [-0.15, -0.1) is 0 Å². The molecule has 0 aromatic heterocycles. The van der Waals surface area contributed by atoms with Crippen LogP contribution in [-0.4, -0.2) is 19.2 Å². The minimum absolute atomic E-state index is 0.0701. The molecule has 5 nitrogen and oxygen atoms in total. The molecular weight excluding hydrogens is 340 g/mol. The molecule has 0 bridgehead atoms. The molecule has 2 amide bonds. The molecule has 0 saturated heterocycles. The Hall–Kier alpha value is -2.69. The summed E-state index contributed by atoms with van der Waals surface area (Å²) in [5, 5.41) is 6.16. The Kier molecular flexibility index (Phi) is 5.89. The highest BCUT2D eigenvalue weighted by Gasteiger charge is 2.22. The first kappa shape index (κ1) is 19.1. The molecule has 1 heterocycles. The lowest BCUT2D eigenvalue weighted by Gasteiger charge is -2.26. The number of benzene rings is 2. The Balaban J connectivity index is 1.71. The van der Waals surface area contributed by atoms with E-state index in [0.29, 0.717) is 13.2 Å². The summed E-state index contributed by atoms with van der Waals surface area (Å²) in [6.07, 6.45) is 0. The summed E-state index contributed by atoms with van der Waals surface area (Å²) in [5.74, 6) is 1.72. The van der Waals surface area contributed by atoms with Gasteiger partial charge in [0.25, 0.3) is 0 Å². The summed E-state index contributed by atoms with van der Waals surface area (Å²) in [5.41, 5.74) is 3.29. The summed E-state index contributed by atoms with van der Waals surface area (Å²) >= 11 is 0. The highest BCUT2D eigenvalue weighted by Crippen LogP contribution is 2.34. The third-order valence-electron chi connectivity index (χ3n) is 4.88. The van der Waals surface area contributed by atoms with Crippen molar-refractivity contribution in [2.24, 2.45) is 5.92 Å². The van der Waals surface area contributed by atoms with Gasteiger partial charge in [-0.2, -0.15) is 0 Å². The van der Waals surface area contributed by atoms with Crippen LogP contribution < -0.4 is 20.1 Å². The van der Waals surface area contributed by atoms with Crippen molar-refractivity contribution in [2.45, 2.75) is 39.8 Å². The molecule has 2 N–H and O–H groups in total. The SMILES string of the molecule is Cc1ccccc1[C@@H](C)NC(=O)N[C@@H](c1ccc2c(c1)OCCO2)C(C)C. The van der Waals surface area contributed by atoms with Crippen LogP contribution in [0.5, 0.6) is 11.5 Å². The second kappa shape index (κ2) is 8.33. The van der Waals surface area contributed by atoms with Gasteiger partial charge in [0.05, 0.1) is 12.1 Å². The molecule has 2 aromatic rings. The van der Waals surface area contributed by atoms with E-state index in [1.165, 1.54) is 0 Å². The molecule has 27 heavy (non-hydrogen) atoms. The average molecular weight is 368 g/mol. The number of carbonyl (C=O) groups is 1. The first-order chi connectivity index (χ1) is 13.0. The minimum Gasteiger partial charge on any atom is -0.486 e. The molecule has 0 fully saturated rings. The number of aryl methyl sites for hydroxylation is 1. The van der Waals surface area contributed by atoms with Crippen molar-refractivity contribution >= 4 is 6.03 Å². The number of ether oxygens (including phenoxy) is 2. The van der Waals surface area contributed by atoms with E-state index in [9.17, 15) is 4.79 Å². The summed E-state index contributed by atoms with van der Waals surface area (Å²) in [6, 6.07) is 13.6. The van der Waals surface area contributed by atoms with Crippen LogP contribution in [0.25, 0.3) is 0 Å². The normalized spacial score (nSPS) is 15.1. The molecule has 0 aliphatic carbocycles. The standard InChI is InChI=1S/C22H28N2O3/c1-14(2)21(17-9-10-19-20(13-17)27-12-11-26-19)24-22(25)23-16(4)18-8-6-5-7-15(18)3/h5-10,13-14,16,21H,11-12H2,1-4H3,(H2,23,24,25)/t16-,21-/m1/s1. The van der Waals surface area contributed by atoms with Gasteiger partial charge in [-0.1, -0.05) is 44.2 Å². The second-order valence-corrected chi connectivity index (χ2v) is 7.32. The molecule has 3 rings (SSSR count). The zero-order valence-corrected chi connectivity index (χ0v) is 16.4. The van der Waals surface area contributed by atoms with Gasteiger partial charge in [0.2, 0.25) is 0 Å². The predicted octanol–water partition coefficient (Wildman–Crippen LogP) is 4.52. The smallest absolute Gasteiger partial charge is 0.315 e. The summed E-state index contributed by atoms with van der Waals surface area (Å²) in [6.45, 7) is 9.34. The number of rotatable bonds is 5. The van der Waals surface area contributed by atoms with Crippen LogP contribution in [0.1, 0.15) is 49.5 Å². The predicted molar refractivity (Wildman–Crippen MR) is 106 cm³/mol. The van der Waals surface area contributed by atoms with E-state index in [1.807, 2.05) is 43.3 Å².